The first-order valence-electron chi connectivity index (χ1n) is 8.44. The van der Waals surface area contributed by atoms with E-state index in [1.807, 2.05) is 37.3 Å². The van der Waals surface area contributed by atoms with Gasteiger partial charge in [-0.2, -0.15) is 0 Å². The first-order chi connectivity index (χ1) is 12.5. The Balaban J connectivity index is 1.89. The molecule has 3 rings (SSSR count). The van der Waals surface area contributed by atoms with E-state index in [1.54, 1.807) is 12.1 Å². The molecule has 1 aliphatic rings. The van der Waals surface area contributed by atoms with Crippen molar-refractivity contribution < 1.29 is 19.1 Å². The summed E-state index contributed by atoms with van der Waals surface area (Å²) in [6.07, 6.45) is 0.0931. The molecular formula is C20H22N2O4. The van der Waals surface area contributed by atoms with Crippen LogP contribution in [0, 0.1) is 0 Å². The number of ether oxygens (including phenoxy) is 2. The molecule has 0 aliphatic carbocycles. The lowest BCUT2D eigenvalue weighted by molar-refractivity contribution is -0.126. The number of fused-ring (bicyclic) bond motifs is 1. The summed E-state index contributed by atoms with van der Waals surface area (Å²) < 4.78 is 10.6. The Morgan fingerprint density at radius 3 is 2.46 bits per heavy atom. The number of methoxy groups -OCH3 is 2. The summed E-state index contributed by atoms with van der Waals surface area (Å²) in [7, 11) is 3.07. The van der Waals surface area contributed by atoms with E-state index in [1.165, 1.54) is 14.2 Å². The third-order valence-corrected chi connectivity index (χ3v) is 4.57. The second kappa shape index (κ2) is 7.47. The SMILES string of the molecule is COc1cc2c(cc1OC)[C@@H](C(=O)N[C@H](C)c1ccccc1)CC(=O)N2. The molecule has 2 N–H and O–H groups in total. The van der Waals surface area contributed by atoms with Crippen molar-refractivity contribution in [3.05, 3.63) is 53.6 Å². The largest absolute Gasteiger partial charge is 0.493 e. The maximum absolute atomic E-state index is 12.9. The third kappa shape index (κ3) is 3.49. The van der Waals surface area contributed by atoms with Crippen molar-refractivity contribution in [2.45, 2.75) is 25.3 Å². The summed E-state index contributed by atoms with van der Waals surface area (Å²) in [6.45, 7) is 1.92. The van der Waals surface area contributed by atoms with Crippen molar-refractivity contribution in [2.75, 3.05) is 19.5 Å². The molecule has 2 atom stereocenters. The highest BCUT2D eigenvalue weighted by Gasteiger charge is 2.32. The van der Waals surface area contributed by atoms with Crippen LogP contribution < -0.4 is 20.1 Å². The quantitative estimate of drug-likeness (QED) is 0.865. The van der Waals surface area contributed by atoms with E-state index < -0.39 is 5.92 Å². The molecule has 6 heteroatoms. The molecule has 6 nitrogen and oxygen atoms in total. The van der Waals surface area contributed by atoms with Gasteiger partial charge in [0, 0.05) is 18.2 Å². The minimum atomic E-state index is -0.579. The number of benzene rings is 2. The summed E-state index contributed by atoms with van der Waals surface area (Å²) in [5.41, 5.74) is 2.31. The number of hydrogen-bond donors (Lipinski definition) is 2. The fourth-order valence-corrected chi connectivity index (χ4v) is 3.16. The molecule has 0 radical (unpaired) electrons. The average Bonchev–Trinajstić information content (AvgIpc) is 2.66. The van der Waals surface area contributed by atoms with Crippen molar-refractivity contribution in [3.63, 3.8) is 0 Å². The average molecular weight is 354 g/mol. The van der Waals surface area contributed by atoms with Gasteiger partial charge in [0.15, 0.2) is 11.5 Å². The lowest BCUT2D eigenvalue weighted by Gasteiger charge is -2.27. The van der Waals surface area contributed by atoms with Crippen molar-refractivity contribution in [2.24, 2.45) is 0 Å². The van der Waals surface area contributed by atoms with Gasteiger partial charge in [-0.1, -0.05) is 30.3 Å². The molecule has 0 spiro atoms. The van der Waals surface area contributed by atoms with Gasteiger partial charge >= 0.3 is 0 Å². The first kappa shape index (κ1) is 17.8. The Bertz CT molecular complexity index is 820. The standard InChI is InChI=1S/C20H22N2O4/c1-12(13-7-5-4-6-8-13)21-20(24)15-10-19(23)22-16-11-18(26-3)17(25-2)9-14(15)16/h4-9,11-12,15H,10H2,1-3H3,(H,21,24)(H,22,23)/t12-,15+/m1/s1. The summed E-state index contributed by atoms with van der Waals surface area (Å²) in [6, 6.07) is 13.0. The van der Waals surface area contributed by atoms with Crippen LogP contribution in [0.5, 0.6) is 11.5 Å². The van der Waals surface area contributed by atoms with E-state index in [0.717, 1.165) is 11.1 Å². The minimum absolute atomic E-state index is 0.0931. The Kier molecular flexibility index (Phi) is 5.11. The number of hydrogen-bond acceptors (Lipinski definition) is 4. The maximum Gasteiger partial charge on any atom is 0.228 e. The fourth-order valence-electron chi connectivity index (χ4n) is 3.16. The van der Waals surface area contributed by atoms with Crippen LogP contribution in [0.25, 0.3) is 0 Å². The van der Waals surface area contributed by atoms with Gasteiger partial charge in [-0.15, -0.1) is 0 Å². The molecule has 0 fully saturated rings. The number of nitrogens with one attached hydrogen (secondary N) is 2. The van der Waals surface area contributed by atoms with Crippen molar-refractivity contribution in [1.82, 2.24) is 5.32 Å². The molecule has 1 aliphatic heterocycles. The summed E-state index contributed by atoms with van der Waals surface area (Å²) >= 11 is 0. The molecule has 0 bridgehead atoms. The second-order valence-corrected chi connectivity index (χ2v) is 6.24. The van der Waals surface area contributed by atoms with Gasteiger partial charge in [-0.25, -0.2) is 0 Å². The molecular weight excluding hydrogens is 332 g/mol. The lowest BCUT2D eigenvalue weighted by atomic mass is 9.89. The van der Waals surface area contributed by atoms with Gasteiger partial charge in [0.2, 0.25) is 11.8 Å². The minimum Gasteiger partial charge on any atom is -0.493 e. The molecule has 0 saturated heterocycles. The maximum atomic E-state index is 12.9. The molecule has 1 heterocycles. The van der Waals surface area contributed by atoms with Crippen LogP contribution >= 0.6 is 0 Å². The normalized spacial score (nSPS) is 16.9. The van der Waals surface area contributed by atoms with Crippen LogP contribution in [0.4, 0.5) is 5.69 Å². The van der Waals surface area contributed by atoms with Crippen molar-refractivity contribution in [1.29, 1.82) is 0 Å². The zero-order valence-electron chi connectivity index (χ0n) is 15.0. The van der Waals surface area contributed by atoms with Crippen LogP contribution in [0.2, 0.25) is 0 Å². The number of carbonyl (C=O) groups excluding carboxylic acids is 2. The van der Waals surface area contributed by atoms with Crippen molar-refractivity contribution >= 4 is 17.5 Å². The number of amides is 2. The van der Waals surface area contributed by atoms with Crippen LogP contribution in [-0.2, 0) is 9.59 Å². The van der Waals surface area contributed by atoms with Gasteiger partial charge in [0.25, 0.3) is 0 Å². The Morgan fingerprint density at radius 1 is 1.15 bits per heavy atom. The van der Waals surface area contributed by atoms with Gasteiger partial charge in [-0.3, -0.25) is 9.59 Å². The van der Waals surface area contributed by atoms with E-state index in [9.17, 15) is 9.59 Å². The van der Waals surface area contributed by atoms with Gasteiger partial charge < -0.3 is 20.1 Å². The predicted molar refractivity (Wildman–Crippen MR) is 98.5 cm³/mol. The number of anilines is 1. The molecule has 0 saturated carbocycles. The molecule has 0 unspecified atom stereocenters. The zero-order valence-corrected chi connectivity index (χ0v) is 15.0. The zero-order chi connectivity index (χ0) is 18.7. The molecule has 2 aromatic carbocycles. The number of rotatable bonds is 5. The van der Waals surface area contributed by atoms with Crippen molar-refractivity contribution in [3.8, 4) is 11.5 Å². The fraction of sp³-hybridized carbons (Fsp3) is 0.300. The van der Waals surface area contributed by atoms with Gasteiger partial charge in [0.05, 0.1) is 26.2 Å². The molecule has 136 valence electrons. The first-order valence-corrected chi connectivity index (χ1v) is 8.44. The molecule has 0 aromatic heterocycles. The van der Waals surface area contributed by atoms with Crippen LogP contribution in [-0.4, -0.2) is 26.0 Å². The van der Waals surface area contributed by atoms with E-state index in [2.05, 4.69) is 10.6 Å². The Morgan fingerprint density at radius 2 is 1.81 bits per heavy atom. The third-order valence-electron chi connectivity index (χ3n) is 4.57. The Hall–Kier alpha value is -3.02. The summed E-state index contributed by atoms with van der Waals surface area (Å²) in [5, 5.41) is 5.80. The van der Waals surface area contributed by atoms with Gasteiger partial charge in [-0.05, 0) is 24.1 Å². The van der Waals surface area contributed by atoms with E-state index in [4.69, 9.17) is 9.47 Å². The molecule has 26 heavy (non-hydrogen) atoms. The van der Waals surface area contributed by atoms with Crippen LogP contribution in [0.15, 0.2) is 42.5 Å². The van der Waals surface area contributed by atoms with Gasteiger partial charge in [0.1, 0.15) is 0 Å². The predicted octanol–water partition coefficient (Wildman–Crippen LogP) is 3.01. The number of carbonyl (C=O) groups is 2. The molecule has 2 aromatic rings. The highest BCUT2D eigenvalue weighted by Crippen LogP contribution is 2.40. The second-order valence-electron chi connectivity index (χ2n) is 6.24. The lowest BCUT2D eigenvalue weighted by Crippen LogP contribution is -2.36. The highest BCUT2D eigenvalue weighted by atomic mass is 16.5. The molecule has 2 amide bonds. The summed E-state index contributed by atoms with van der Waals surface area (Å²) in [5.74, 6) is 0.0631. The monoisotopic (exact) mass is 354 g/mol. The topological polar surface area (TPSA) is 76.7 Å². The van der Waals surface area contributed by atoms with E-state index in [0.29, 0.717) is 17.2 Å². The van der Waals surface area contributed by atoms with Crippen LogP contribution in [0.3, 0.4) is 0 Å². The smallest absolute Gasteiger partial charge is 0.228 e. The highest BCUT2D eigenvalue weighted by molar-refractivity contribution is 6.01. The Labute approximate surface area is 152 Å². The van der Waals surface area contributed by atoms with E-state index >= 15 is 0 Å². The summed E-state index contributed by atoms with van der Waals surface area (Å²) in [4.78, 5) is 25.0. The van der Waals surface area contributed by atoms with E-state index in [-0.39, 0.29) is 24.3 Å². The van der Waals surface area contributed by atoms with Crippen LogP contribution in [0.1, 0.15) is 36.4 Å².